The Morgan fingerprint density at radius 1 is 1.29 bits per heavy atom. The first kappa shape index (κ1) is 17.3. The van der Waals surface area contributed by atoms with E-state index in [4.69, 9.17) is 5.11 Å². The van der Waals surface area contributed by atoms with Crippen LogP contribution in [0.3, 0.4) is 0 Å². The molecule has 0 saturated carbocycles. The topological polar surface area (TPSA) is 90.0 Å². The maximum Gasteiger partial charge on any atom is 0.326 e. The van der Waals surface area contributed by atoms with Gasteiger partial charge in [-0.15, -0.1) is 0 Å². The average Bonchev–Trinajstić information content (AvgIpc) is 2.45. The van der Waals surface area contributed by atoms with Gasteiger partial charge in [-0.1, -0.05) is 13.3 Å². The van der Waals surface area contributed by atoms with Crippen LogP contribution in [0.15, 0.2) is 0 Å². The van der Waals surface area contributed by atoms with Gasteiger partial charge in [-0.3, -0.25) is 4.79 Å². The van der Waals surface area contributed by atoms with Crippen LogP contribution in [-0.2, 0) is 9.59 Å². The van der Waals surface area contributed by atoms with E-state index >= 15 is 0 Å². The predicted octanol–water partition coefficient (Wildman–Crippen LogP) is 0.750. The number of urea groups is 1. The van der Waals surface area contributed by atoms with E-state index in [1.807, 2.05) is 6.92 Å². The van der Waals surface area contributed by atoms with Gasteiger partial charge >= 0.3 is 12.0 Å². The van der Waals surface area contributed by atoms with Gasteiger partial charge < -0.3 is 20.2 Å². The molecule has 0 aromatic carbocycles. The molecule has 7 nitrogen and oxygen atoms in total. The maximum absolute atomic E-state index is 12.1. The Morgan fingerprint density at radius 2 is 1.86 bits per heavy atom. The van der Waals surface area contributed by atoms with E-state index in [0.29, 0.717) is 38.8 Å². The molecule has 1 heterocycles. The molecule has 0 aromatic rings. The molecule has 7 heteroatoms. The molecule has 3 amide bonds. The highest BCUT2D eigenvalue weighted by atomic mass is 16.4. The third-order valence-corrected chi connectivity index (χ3v) is 3.71. The zero-order valence-electron chi connectivity index (χ0n) is 13.0. The van der Waals surface area contributed by atoms with Crippen LogP contribution in [0.4, 0.5) is 4.79 Å². The minimum absolute atomic E-state index is 0.0525. The van der Waals surface area contributed by atoms with Crippen molar-refractivity contribution in [3.05, 3.63) is 0 Å². The first-order valence-corrected chi connectivity index (χ1v) is 7.36. The number of rotatable bonds is 5. The quantitative estimate of drug-likeness (QED) is 0.784. The second-order valence-corrected chi connectivity index (χ2v) is 5.63. The van der Waals surface area contributed by atoms with Crippen LogP contribution in [-0.4, -0.2) is 66.0 Å². The fourth-order valence-electron chi connectivity index (χ4n) is 2.45. The molecule has 21 heavy (non-hydrogen) atoms. The van der Waals surface area contributed by atoms with Crippen molar-refractivity contribution < 1.29 is 19.5 Å². The van der Waals surface area contributed by atoms with Gasteiger partial charge in [0.2, 0.25) is 5.91 Å². The first-order valence-electron chi connectivity index (χ1n) is 7.36. The average molecular weight is 299 g/mol. The summed E-state index contributed by atoms with van der Waals surface area (Å²) in [4.78, 5) is 38.2. The Morgan fingerprint density at radius 3 is 2.29 bits per heavy atom. The van der Waals surface area contributed by atoms with E-state index in [1.54, 1.807) is 19.0 Å². The van der Waals surface area contributed by atoms with E-state index in [1.165, 1.54) is 4.90 Å². The van der Waals surface area contributed by atoms with Crippen LogP contribution in [0.5, 0.6) is 0 Å². The largest absolute Gasteiger partial charge is 0.480 e. The number of amides is 3. The van der Waals surface area contributed by atoms with E-state index in [-0.39, 0.29) is 17.9 Å². The van der Waals surface area contributed by atoms with Crippen molar-refractivity contribution in [3.63, 3.8) is 0 Å². The summed E-state index contributed by atoms with van der Waals surface area (Å²) >= 11 is 0. The standard InChI is InChI=1S/C14H25N3O4/c1-4-5-11(13(19)20)15-12(18)10-6-8-17(9-7-10)14(21)16(2)3/h10-11H,4-9H2,1-3H3,(H,15,18)(H,19,20)/t11-/m1/s1. The van der Waals surface area contributed by atoms with Crippen LogP contribution in [0, 0.1) is 5.92 Å². The van der Waals surface area contributed by atoms with Crippen LogP contribution in [0.2, 0.25) is 0 Å². The smallest absolute Gasteiger partial charge is 0.326 e. The zero-order chi connectivity index (χ0) is 16.0. The second-order valence-electron chi connectivity index (χ2n) is 5.63. The minimum Gasteiger partial charge on any atom is -0.480 e. The molecule has 1 atom stereocenters. The number of aliphatic carboxylic acids is 1. The summed E-state index contributed by atoms with van der Waals surface area (Å²) in [6.45, 7) is 2.94. The second kappa shape index (κ2) is 7.85. The molecule has 120 valence electrons. The molecule has 1 aliphatic rings. The number of nitrogens with zero attached hydrogens (tertiary/aromatic N) is 2. The van der Waals surface area contributed by atoms with Crippen molar-refractivity contribution in [1.29, 1.82) is 0 Å². The monoisotopic (exact) mass is 299 g/mol. The lowest BCUT2D eigenvalue weighted by Gasteiger charge is -2.33. The minimum atomic E-state index is -0.995. The highest BCUT2D eigenvalue weighted by molar-refractivity contribution is 5.85. The SMILES string of the molecule is CCC[C@@H](NC(=O)C1CCN(C(=O)N(C)C)CC1)C(=O)O. The lowest BCUT2D eigenvalue weighted by atomic mass is 9.95. The summed E-state index contributed by atoms with van der Waals surface area (Å²) in [5, 5.41) is 11.7. The number of piperidine rings is 1. The van der Waals surface area contributed by atoms with Crippen molar-refractivity contribution in [3.8, 4) is 0 Å². The normalized spacial score (nSPS) is 17.2. The lowest BCUT2D eigenvalue weighted by Crippen LogP contribution is -2.49. The zero-order valence-corrected chi connectivity index (χ0v) is 13.0. The van der Waals surface area contributed by atoms with E-state index in [0.717, 1.165) is 0 Å². The molecule has 0 spiro atoms. The van der Waals surface area contributed by atoms with Gasteiger partial charge in [0, 0.05) is 33.1 Å². The number of carboxylic acids is 1. The van der Waals surface area contributed by atoms with Crippen LogP contribution in [0.1, 0.15) is 32.6 Å². The molecule has 0 aliphatic carbocycles. The number of carboxylic acid groups (broad SMARTS) is 1. The van der Waals surface area contributed by atoms with Gasteiger partial charge in [0.25, 0.3) is 0 Å². The van der Waals surface area contributed by atoms with E-state index < -0.39 is 12.0 Å². The molecule has 1 rings (SSSR count). The van der Waals surface area contributed by atoms with Crippen molar-refractivity contribution in [2.75, 3.05) is 27.2 Å². The van der Waals surface area contributed by atoms with Gasteiger partial charge in [-0.2, -0.15) is 0 Å². The van der Waals surface area contributed by atoms with Crippen molar-refractivity contribution in [2.24, 2.45) is 5.92 Å². The number of hydrogen-bond donors (Lipinski definition) is 2. The number of carbonyl (C=O) groups is 3. The van der Waals surface area contributed by atoms with Crippen molar-refractivity contribution in [1.82, 2.24) is 15.1 Å². The van der Waals surface area contributed by atoms with Crippen molar-refractivity contribution >= 4 is 17.9 Å². The molecule has 2 N–H and O–H groups in total. The summed E-state index contributed by atoms with van der Waals surface area (Å²) < 4.78 is 0. The Balaban J connectivity index is 2.48. The fourth-order valence-corrected chi connectivity index (χ4v) is 2.45. The summed E-state index contributed by atoms with van der Waals surface area (Å²) in [7, 11) is 3.40. The van der Waals surface area contributed by atoms with Gasteiger partial charge in [-0.05, 0) is 19.3 Å². The van der Waals surface area contributed by atoms with Gasteiger partial charge in [0.05, 0.1) is 0 Å². The number of hydrogen-bond acceptors (Lipinski definition) is 3. The van der Waals surface area contributed by atoms with E-state index in [9.17, 15) is 14.4 Å². The molecule has 0 unspecified atom stereocenters. The van der Waals surface area contributed by atoms with Crippen LogP contribution in [0.25, 0.3) is 0 Å². The number of likely N-dealkylation sites (tertiary alicyclic amines) is 1. The highest BCUT2D eigenvalue weighted by Gasteiger charge is 2.30. The predicted molar refractivity (Wildman–Crippen MR) is 77.9 cm³/mol. The van der Waals surface area contributed by atoms with Crippen molar-refractivity contribution in [2.45, 2.75) is 38.6 Å². The Hall–Kier alpha value is -1.79. The molecule has 1 fully saturated rings. The Bertz CT molecular complexity index is 390. The molecule has 0 bridgehead atoms. The number of nitrogens with one attached hydrogen (secondary N) is 1. The summed E-state index contributed by atoms with van der Waals surface area (Å²) in [6, 6.07) is -0.868. The molecule has 0 aromatic heterocycles. The molecule has 0 radical (unpaired) electrons. The maximum atomic E-state index is 12.1. The summed E-state index contributed by atoms with van der Waals surface area (Å²) in [5.41, 5.74) is 0. The molecule has 1 saturated heterocycles. The molecular weight excluding hydrogens is 274 g/mol. The Kier molecular flexibility index (Phi) is 6.45. The van der Waals surface area contributed by atoms with E-state index in [2.05, 4.69) is 5.32 Å². The van der Waals surface area contributed by atoms with Gasteiger partial charge in [-0.25, -0.2) is 9.59 Å². The highest BCUT2D eigenvalue weighted by Crippen LogP contribution is 2.18. The van der Waals surface area contributed by atoms with Crippen LogP contribution < -0.4 is 5.32 Å². The third-order valence-electron chi connectivity index (χ3n) is 3.71. The third kappa shape index (κ3) is 4.91. The van der Waals surface area contributed by atoms with Gasteiger partial charge in [0.15, 0.2) is 0 Å². The molecule has 1 aliphatic heterocycles. The first-order chi connectivity index (χ1) is 9.86. The molecular formula is C14H25N3O4. The van der Waals surface area contributed by atoms with Crippen LogP contribution >= 0.6 is 0 Å². The Labute approximate surface area is 125 Å². The van der Waals surface area contributed by atoms with Gasteiger partial charge in [0.1, 0.15) is 6.04 Å². The summed E-state index contributed by atoms with van der Waals surface area (Å²) in [5.74, 6) is -1.42. The lowest BCUT2D eigenvalue weighted by molar-refractivity contribution is -0.142. The fraction of sp³-hybridized carbons (Fsp3) is 0.786. The number of carbonyl (C=O) groups excluding carboxylic acids is 2. The summed E-state index contributed by atoms with van der Waals surface area (Å²) in [6.07, 6.45) is 2.28.